The van der Waals surface area contributed by atoms with Crippen LogP contribution in [0.2, 0.25) is 0 Å². The van der Waals surface area contributed by atoms with Crippen molar-refractivity contribution in [3.8, 4) is 11.5 Å². The number of ether oxygens (including phenoxy) is 2. The summed E-state index contributed by atoms with van der Waals surface area (Å²) in [6.45, 7) is -0.0564. The van der Waals surface area contributed by atoms with Gasteiger partial charge >= 0.3 is 0 Å². The third kappa shape index (κ3) is 1.77. The molecule has 1 unspecified atom stereocenters. The molecule has 0 spiro atoms. The van der Waals surface area contributed by atoms with Gasteiger partial charge in [-0.2, -0.15) is 0 Å². The van der Waals surface area contributed by atoms with Crippen LogP contribution in [0.1, 0.15) is 12.0 Å². The van der Waals surface area contributed by atoms with Crippen LogP contribution in [-0.2, 0) is 6.42 Å². The summed E-state index contributed by atoms with van der Waals surface area (Å²) >= 11 is 0. The fourth-order valence-electron chi connectivity index (χ4n) is 1.76. The lowest BCUT2D eigenvalue weighted by molar-refractivity contribution is 0.0933. The van der Waals surface area contributed by atoms with Gasteiger partial charge in [-0.05, 0) is 25.0 Å². The smallest absolute Gasteiger partial charge is 0.167 e. The first kappa shape index (κ1) is 10.2. The van der Waals surface area contributed by atoms with Crippen molar-refractivity contribution in [2.24, 2.45) is 0 Å². The molecule has 1 aliphatic rings. The fraction of sp³-hybridized carbons (Fsp3) is 0.455. The second-order valence-corrected chi connectivity index (χ2v) is 3.52. The molecule has 0 saturated carbocycles. The van der Waals surface area contributed by atoms with Crippen LogP contribution in [0.15, 0.2) is 12.1 Å². The molecule has 1 aromatic carbocycles. The molecule has 1 heterocycles. The van der Waals surface area contributed by atoms with Crippen LogP contribution in [0.3, 0.4) is 0 Å². The molecule has 82 valence electrons. The van der Waals surface area contributed by atoms with Gasteiger partial charge in [0.1, 0.15) is 11.9 Å². The molecule has 1 atom stereocenters. The van der Waals surface area contributed by atoms with Crippen LogP contribution in [0.4, 0.5) is 4.39 Å². The Hall–Kier alpha value is -1.29. The highest BCUT2D eigenvalue weighted by molar-refractivity contribution is 5.48. The van der Waals surface area contributed by atoms with Crippen molar-refractivity contribution in [3.05, 3.63) is 23.5 Å². The van der Waals surface area contributed by atoms with E-state index in [4.69, 9.17) is 14.6 Å². The molecule has 1 aromatic rings. The SMILES string of the molecule is COc1ccc(F)c2c1OC(CO)CC2. The molecular weight excluding hydrogens is 199 g/mol. The second kappa shape index (κ2) is 4.06. The molecule has 0 amide bonds. The zero-order valence-electron chi connectivity index (χ0n) is 8.50. The quantitative estimate of drug-likeness (QED) is 0.807. The minimum atomic E-state index is -0.276. The lowest BCUT2D eigenvalue weighted by atomic mass is 10.0. The summed E-state index contributed by atoms with van der Waals surface area (Å²) in [6, 6.07) is 2.91. The van der Waals surface area contributed by atoms with Gasteiger partial charge in [0.05, 0.1) is 13.7 Å². The van der Waals surface area contributed by atoms with Crippen molar-refractivity contribution in [2.45, 2.75) is 18.9 Å². The molecular formula is C11H13FO3. The number of methoxy groups -OCH3 is 1. The zero-order valence-corrected chi connectivity index (χ0v) is 8.50. The van der Waals surface area contributed by atoms with Crippen molar-refractivity contribution >= 4 is 0 Å². The van der Waals surface area contributed by atoms with Gasteiger partial charge in [-0.15, -0.1) is 0 Å². The summed E-state index contributed by atoms with van der Waals surface area (Å²) in [5.74, 6) is 0.675. The van der Waals surface area contributed by atoms with Crippen molar-refractivity contribution in [3.63, 3.8) is 0 Å². The van der Waals surface area contributed by atoms with Crippen LogP contribution >= 0.6 is 0 Å². The van der Waals surface area contributed by atoms with Crippen LogP contribution in [0.5, 0.6) is 11.5 Å². The minimum absolute atomic E-state index is 0.0564. The number of hydrogen-bond donors (Lipinski definition) is 1. The number of hydrogen-bond acceptors (Lipinski definition) is 3. The average molecular weight is 212 g/mol. The van der Waals surface area contributed by atoms with E-state index >= 15 is 0 Å². The van der Waals surface area contributed by atoms with E-state index in [9.17, 15) is 4.39 Å². The number of aliphatic hydroxyl groups is 1. The van der Waals surface area contributed by atoms with E-state index in [1.165, 1.54) is 19.2 Å². The van der Waals surface area contributed by atoms with Crippen LogP contribution < -0.4 is 9.47 Å². The molecule has 0 radical (unpaired) electrons. The monoisotopic (exact) mass is 212 g/mol. The number of aliphatic hydroxyl groups excluding tert-OH is 1. The predicted molar refractivity (Wildman–Crippen MR) is 52.8 cm³/mol. The standard InChI is InChI=1S/C11H13FO3/c1-14-10-5-4-9(12)8-3-2-7(6-13)15-11(8)10/h4-5,7,13H,2-3,6H2,1H3. The Kier molecular flexibility index (Phi) is 2.77. The Morgan fingerprint density at radius 3 is 3.07 bits per heavy atom. The molecule has 0 aliphatic carbocycles. The Morgan fingerprint density at radius 2 is 2.40 bits per heavy atom. The van der Waals surface area contributed by atoms with E-state index in [1.54, 1.807) is 0 Å². The highest BCUT2D eigenvalue weighted by Crippen LogP contribution is 2.37. The van der Waals surface area contributed by atoms with Gasteiger partial charge in [0.25, 0.3) is 0 Å². The lowest BCUT2D eigenvalue weighted by Crippen LogP contribution is -2.27. The lowest BCUT2D eigenvalue weighted by Gasteiger charge is -2.26. The van der Waals surface area contributed by atoms with Crippen LogP contribution in [-0.4, -0.2) is 24.9 Å². The van der Waals surface area contributed by atoms with E-state index in [0.717, 1.165) is 0 Å². The molecule has 3 nitrogen and oxygen atoms in total. The number of halogens is 1. The van der Waals surface area contributed by atoms with Crippen LogP contribution in [0, 0.1) is 5.82 Å². The number of rotatable bonds is 2. The normalized spacial score (nSPS) is 19.3. The van der Waals surface area contributed by atoms with E-state index < -0.39 is 0 Å². The topological polar surface area (TPSA) is 38.7 Å². The van der Waals surface area contributed by atoms with Crippen molar-refractivity contribution in [2.75, 3.05) is 13.7 Å². The number of fused-ring (bicyclic) bond motifs is 1. The Morgan fingerprint density at radius 1 is 1.60 bits per heavy atom. The third-order valence-corrected chi connectivity index (χ3v) is 2.59. The van der Waals surface area contributed by atoms with Crippen molar-refractivity contribution in [1.29, 1.82) is 0 Å². The van der Waals surface area contributed by atoms with Gasteiger partial charge < -0.3 is 14.6 Å². The Bertz CT molecular complexity index is 365. The highest BCUT2D eigenvalue weighted by Gasteiger charge is 2.24. The first-order valence-electron chi connectivity index (χ1n) is 4.89. The summed E-state index contributed by atoms with van der Waals surface area (Å²) in [5, 5.41) is 8.99. The molecule has 1 aliphatic heterocycles. The van der Waals surface area contributed by atoms with Gasteiger partial charge in [-0.1, -0.05) is 0 Å². The molecule has 0 fully saturated rings. The van der Waals surface area contributed by atoms with E-state index in [0.29, 0.717) is 29.9 Å². The van der Waals surface area contributed by atoms with Gasteiger partial charge in [-0.3, -0.25) is 0 Å². The molecule has 2 rings (SSSR count). The molecule has 15 heavy (non-hydrogen) atoms. The molecule has 0 saturated heterocycles. The summed E-state index contributed by atoms with van der Waals surface area (Å²) in [7, 11) is 1.51. The summed E-state index contributed by atoms with van der Waals surface area (Å²) in [6.07, 6.45) is 0.949. The largest absolute Gasteiger partial charge is 0.493 e. The molecule has 4 heteroatoms. The van der Waals surface area contributed by atoms with Gasteiger partial charge in [0, 0.05) is 5.56 Å². The summed E-state index contributed by atoms with van der Waals surface area (Å²) < 4.78 is 24.0. The van der Waals surface area contributed by atoms with E-state index in [2.05, 4.69) is 0 Å². The predicted octanol–water partition coefficient (Wildman–Crippen LogP) is 1.52. The summed E-state index contributed by atoms with van der Waals surface area (Å²) in [4.78, 5) is 0. The number of benzene rings is 1. The molecule has 0 bridgehead atoms. The highest BCUT2D eigenvalue weighted by atomic mass is 19.1. The van der Waals surface area contributed by atoms with Gasteiger partial charge in [-0.25, -0.2) is 4.39 Å². The first-order chi connectivity index (χ1) is 7.26. The van der Waals surface area contributed by atoms with E-state index in [1.807, 2.05) is 0 Å². The maximum absolute atomic E-state index is 13.4. The van der Waals surface area contributed by atoms with Gasteiger partial charge in [0.2, 0.25) is 0 Å². The van der Waals surface area contributed by atoms with E-state index in [-0.39, 0.29) is 18.5 Å². The third-order valence-electron chi connectivity index (χ3n) is 2.59. The van der Waals surface area contributed by atoms with Crippen molar-refractivity contribution < 1.29 is 19.0 Å². The zero-order chi connectivity index (χ0) is 10.8. The van der Waals surface area contributed by atoms with Crippen molar-refractivity contribution in [1.82, 2.24) is 0 Å². The van der Waals surface area contributed by atoms with Gasteiger partial charge in [0.15, 0.2) is 11.5 Å². The Balaban J connectivity index is 2.41. The first-order valence-corrected chi connectivity index (χ1v) is 4.89. The molecule has 0 aromatic heterocycles. The minimum Gasteiger partial charge on any atom is -0.493 e. The fourth-order valence-corrected chi connectivity index (χ4v) is 1.76. The molecule has 1 N–H and O–H groups in total. The average Bonchev–Trinajstić information content (AvgIpc) is 2.29. The maximum Gasteiger partial charge on any atom is 0.167 e. The second-order valence-electron chi connectivity index (χ2n) is 3.52. The Labute approximate surface area is 87.4 Å². The van der Waals surface area contributed by atoms with Crippen LogP contribution in [0.25, 0.3) is 0 Å². The maximum atomic E-state index is 13.4. The summed E-state index contributed by atoms with van der Waals surface area (Å²) in [5.41, 5.74) is 0.541.